The van der Waals surface area contributed by atoms with Crippen LogP contribution in [0.4, 0.5) is 17.1 Å². The van der Waals surface area contributed by atoms with Crippen molar-refractivity contribution in [1.82, 2.24) is 0 Å². The molecule has 8 aromatic carbocycles. The Labute approximate surface area is 289 Å². The van der Waals surface area contributed by atoms with Crippen LogP contribution in [0.1, 0.15) is 22.3 Å². The molecule has 2 heteroatoms. The number of benzene rings is 8. The highest BCUT2D eigenvalue weighted by Crippen LogP contribution is 2.64. The minimum Gasteiger partial charge on any atom is -0.309 e. The van der Waals surface area contributed by atoms with Gasteiger partial charge in [-0.2, -0.15) is 0 Å². The van der Waals surface area contributed by atoms with E-state index in [0.29, 0.717) is 0 Å². The van der Waals surface area contributed by atoms with E-state index >= 15 is 0 Å². The van der Waals surface area contributed by atoms with Crippen molar-refractivity contribution in [3.63, 3.8) is 0 Å². The van der Waals surface area contributed by atoms with Gasteiger partial charge in [-0.1, -0.05) is 140 Å². The average molecular weight is 640 g/mol. The van der Waals surface area contributed by atoms with E-state index in [4.69, 9.17) is 0 Å². The molecule has 2 aliphatic carbocycles. The molecule has 228 valence electrons. The highest BCUT2D eigenvalue weighted by Gasteiger charge is 2.52. The van der Waals surface area contributed by atoms with Gasteiger partial charge in [0.2, 0.25) is 0 Å². The van der Waals surface area contributed by atoms with E-state index in [1.807, 2.05) is 11.3 Å². The lowest BCUT2D eigenvalue weighted by Crippen LogP contribution is -2.26. The van der Waals surface area contributed by atoms with E-state index in [0.717, 1.165) is 11.4 Å². The van der Waals surface area contributed by atoms with Crippen molar-refractivity contribution in [2.24, 2.45) is 0 Å². The Morgan fingerprint density at radius 3 is 1.86 bits per heavy atom. The molecular weight excluding hydrogens is 611 g/mol. The van der Waals surface area contributed by atoms with Crippen molar-refractivity contribution in [2.75, 3.05) is 4.90 Å². The first kappa shape index (κ1) is 27.0. The van der Waals surface area contributed by atoms with Gasteiger partial charge in [0.05, 0.1) is 15.8 Å². The van der Waals surface area contributed by atoms with Crippen LogP contribution in [0.2, 0.25) is 0 Å². The Morgan fingerprint density at radius 2 is 1.04 bits per heavy atom. The second-order valence-corrected chi connectivity index (χ2v) is 14.3. The van der Waals surface area contributed by atoms with Crippen LogP contribution in [0.25, 0.3) is 53.2 Å². The summed E-state index contributed by atoms with van der Waals surface area (Å²) < 4.78 is 2.61. The van der Waals surface area contributed by atoms with E-state index in [1.54, 1.807) is 0 Å². The molecule has 0 bridgehead atoms. The fourth-order valence-electron chi connectivity index (χ4n) is 8.96. The smallest absolute Gasteiger partial charge is 0.0732 e. The number of hydrogen-bond donors (Lipinski definition) is 0. The van der Waals surface area contributed by atoms with E-state index in [-0.39, 0.29) is 0 Å². The molecule has 0 N–H and O–H groups in total. The van der Waals surface area contributed by atoms with Crippen LogP contribution < -0.4 is 4.90 Å². The van der Waals surface area contributed by atoms with E-state index in [9.17, 15) is 0 Å². The maximum absolute atomic E-state index is 2.50. The molecule has 1 heterocycles. The van der Waals surface area contributed by atoms with Crippen molar-refractivity contribution in [3.8, 4) is 22.3 Å². The van der Waals surface area contributed by atoms with Crippen molar-refractivity contribution < 1.29 is 0 Å². The highest BCUT2D eigenvalue weighted by molar-refractivity contribution is 7.26. The molecule has 9 aromatic rings. The molecule has 0 unspecified atom stereocenters. The number of para-hydroxylation sites is 1. The fourth-order valence-corrected chi connectivity index (χ4v) is 10.2. The molecule has 0 saturated carbocycles. The van der Waals surface area contributed by atoms with Crippen LogP contribution in [-0.4, -0.2) is 0 Å². The molecule has 2 aliphatic rings. The summed E-state index contributed by atoms with van der Waals surface area (Å²) in [5, 5.41) is 5.21. The lowest BCUT2D eigenvalue weighted by atomic mass is 9.69. The van der Waals surface area contributed by atoms with Crippen LogP contribution in [0.15, 0.2) is 176 Å². The molecule has 0 saturated heterocycles. The van der Waals surface area contributed by atoms with Crippen LogP contribution in [0.5, 0.6) is 0 Å². The Hall–Kier alpha value is -5.96. The van der Waals surface area contributed by atoms with E-state index < -0.39 is 5.41 Å². The zero-order valence-corrected chi connectivity index (χ0v) is 27.4. The summed E-state index contributed by atoms with van der Waals surface area (Å²) >= 11 is 1.88. The summed E-state index contributed by atoms with van der Waals surface area (Å²) in [7, 11) is 0. The molecule has 49 heavy (non-hydrogen) atoms. The van der Waals surface area contributed by atoms with Gasteiger partial charge in [0.15, 0.2) is 0 Å². The predicted octanol–water partition coefficient (Wildman–Crippen LogP) is 13.0. The number of anilines is 3. The third kappa shape index (κ3) is 3.54. The number of thiophene rings is 1. The summed E-state index contributed by atoms with van der Waals surface area (Å²) in [5.41, 5.74) is 13.8. The van der Waals surface area contributed by atoms with Gasteiger partial charge in [-0.05, 0) is 91.7 Å². The SMILES string of the molecule is c1ccc(N(c2ccc3c(c2)C2(c4ccccc4-c4ccccc42)c2c-3ccc3ccccc23)c2cccc3c2sc2ccccc23)cc1. The van der Waals surface area contributed by atoms with Gasteiger partial charge in [-0.25, -0.2) is 0 Å². The number of rotatable bonds is 3. The molecule has 1 nitrogen and oxygen atoms in total. The summed E-state index contributed by atoms with van der Waals surface area (Å²) in [6.45, 7) is 0. The minimum atomic E-state index is -0.444. The molecule has 0 aliphatic heterocycles. The van der Waals surface area contributed by atoms with Gasteiger partial charge in [-0.15, -0.1) is 11.3 Å². The number of nitrogens with zero attached hydrogens (tertiary/aromatic N) is 1. The van der Waals surface area contributed by atoms with Crippen molar-refractivity contribution >= 4 is 59.3 Å². The summed E-state index contributed by atoms with van der Waals surface area (Å²) in [5.74, 6) is 0. The first-order valence-corrected chi connectivity index (χ1v) is 17.8. The van der Waals surface area contributed by atoms with Gasteiger partial charge in [0, 0.05) is 26.8 Å². The average Bonchev–Trinajstić information content (AvgIpc) is 3.80. The molecule has 1 spiro atoms. The zero-order chi connectivity index (χ0) is 32.1. The molecule has 0 radical (unpaired) electrons. The van der Waals surface area contributed by atoms with Crippen LogP contribution in [-0.2, 0) is 5.41 Å². The van der Waals surface area contributed by atoms with Gasteiger partial charge in [-0.3, -0.25) is 0 Å². The Kier molecular flexibility index (Phi) is 5.53. The van der Waals surface area contributed by atoms with Crippen molar-refractivity contribution in [2.45, 2.75) is 5.41 Å². The second-order valence-electron chi connectivity index (χ2n) is 13.2. The van der Waals surface area contributed by atoms with Crippen LogP contribution >= 0.6 is 11.3 Å². The van der Waals surface area contributed by atoms with Crippen LogP contribution in [0, 0.1) is 0 Å². The standard InChI is InChI=1S/C47H29NS/c1-2-14-31(15-3-1)48(43-23-12-20-39-37-19-8-11-24-44(37)49-46(39)43)32-26-28-36-38-27-25-30-13-4-5-16-33(30)45(38)47(42(36)29-32)40-21-9-6-17-34(40)35-18-7-10-22-41(35)47/h1-29H. The maximum Gasteiger partial charge on any atom is 0.0732 e. The molecule has 1 aromatic heterocycles. The number of hydrogen-bond acceptors (Lipinski definition) is 2. The van der Waals surface area contributed by atoms with E-state index in [2.05, 4.69) is 181 Å². The van der Waals surface area contributed by atoms with Crippen molar-refractivity contribution in [3.05, 3.63) is 198 Å². The Bertz CT molecular complexity index is 2740. The van der Waals surface area contributed by atoms with E-state index in [1.165, 1.54) is 81.1 Å². The molecule has 0 fully saturated rings. The van der Waals surface area contributed by atoms with Crippen molar-refractivity contribution in [1.29, 1.82) is 0 Å². The second kappa shape index (κ2) is 10.0. The maximum atomic E-state index is 2.50. The molecule has 11 rings (SSSR count). The summed E-state index contributed by atoms with van der Waals surface area (Å²) in [4.78, 5) is 2.47. The zero-order valence-electron chi connectivity index (χ0n) is 26.6. The quantitative estimate of drug-likeness (QED) is 0.186. The molecule has 0 amide bonds. The third-order valence-corrected chi connectivity index (χ3v) is 12.1. The molecule has 0 atom stereocenters. The monoisotopic (exact) mass is 639 g/mol. The Balaban J connectivity index is 1.25. The fraction of sp³-hybridized carbons (Fsp3) is 0.0213. The highest BCUT2D eigenvalue weighted by atomic mass is 32.1. The van der Waals surface area contributed by atoms with Gasteiger partial charge in [0.1, 0.15) is 0 Å². The number of fused-ring (bicyclic) bond motifs is 15. The summed E-state index contributed by atoms with van der Waals surface area (Å²) in [6.07, 6.45) is 0. The van der Waals surface area contributed by atoms with Crippen LogP contribution in [0.3, 0.4) is 0 Å². The Morgan fingerprint density at radius 1 is 0.408 bits per heavy atom. The van der Waals surface area contributed by atoms with Gasteiger partial charge >= 0.3 is 0 Å². The first-order chi connectivity index (χ1) is 24.3. The van der Waals surface area contributed by atoms with Gasteiger partial charge in [0.25, 0.3) is 0 Å². The topological polar surface area (TPSA) is 3.24 Å². The third-order valence-electron chi connectivity index (χ3n) is 10.9. The summed E-state index contributed by atoms with van der Waals surface area (Å²) in [6, 6.07) is 65.4. The lowest BCUT2D eigenvalue weighted by Gasteiger charge is -2.33. The lowest BCUT2D eigenvalue weighted by molar-refractivity contribution is 0.801. The minimum absolute atomic E-state index is 0.444. The van der Waals surface area contributed by atoms with Gasteiger partial charge < -0.3 is 4.90 Å². The normalized spacial score (nSPS) is 13.5. The predicted molar refractivity (Wildman–Crippen MR) is 208 cm³/mol. The largest absolute Gasteiger partial charge is 0.309 e. The first-order valence-electron chi connectivity index (χ1n) is 16.9. The molecular formula is C47H29NS.